The summed E-state index contributed by atoms with van der Waals surface area (Å²) in [4.78, 5) is 12.1. The second-order valence-corrected chi connectivity index (χ2v) is 5.65. The number of hydrogen-bond acceptors (Lipinski definition) is 3. The summed E-state index contributed by atoms with van der Waals surface area (Å²) in [5.74, 6) is -0.463. The highest BCUT2D eigenvalue weighted by atomic mass is 19.1. The summed E-state index contributed by atoms with van der Waals surface area (Å²) in [6, 6.07) is 8.46. The van der Waals surface area contributed by atoms with E-state index in [1.165, 1.54) is 6.07 Å². The Balaban J connectivity index is 1.62. The van der Waals surface area contributed by atoms with Crippen molar-refractivity contribution >= 4 is 11.6 Å². The summed E-state index contributed by atoms with van der Waals surface area (Å²) in [6.45, 7) is 4.23. The predicted molar refractivity (Wildman–Crippen MR) is 88.1 cm³/mol. The van der Waals surface area contributed by atoms with Crippen LogP contribution in [0.3, 0.4) is 0 Å². The number of aryl methyl sites for hydroxylation is 2. The van der Waals surface area contributed by atoms with E-state index < -0.39 is 0 Å². The van der Waals surface area contributed by atoms with Gasteiger partial charge in [0.2, 0.25) is 5.91 Å². The monoisotopic (exact) mass is 327 g/mol. The molecule has 0 spiro atoms. The van der Waals surface area contributed by atoms with Gasteiger partial charge in [0.25, 0.3) is 0 Å². The molecule has 3 rings (SSSR count). The molecule has 6 nitrogen and oxygen atoms in total. The van der Waals surface area contributed by atoms with E-state index in [0.717, 1.165) is 11.4 Å². The number of carbonyl (C=O) groups excluding carboxylic acids is 1. The number of carbonyl (C=O) groups is 1. The van der Waals surface area contributed by atoms with Gasteiger partial charge in [0.1, 0.15) is 12.4 Å². The van der Waals surface area contributed by atoms with Gasteiger partial charge in [0, 0.05) is 17.5 Å². The van der Waals surface area contributed by atoms with E-state index in [4.69, 9.17) is 0 Å². The maximum atomic E-state index is 13.7. The zero-order valence-electron chi connectivity index (χ0n) is 13.5. The Kier molecular flexibility index (Phi) is 4.41. The lowest BCUT2D eigenvalue weighted by atomic mass is 10.2. The minimum atomic E-state index is -0.275. The van der Waals surface area contributed by atoms with Gasteiger partial charge in [-0.05, 0) is 26.0 Å². The lowest BCUT2D eigenvalue weighted by Gasteiger charge is -2.05. The number of nitrogens with one attached hydrogen (secondary N) is 1. The van der Waals surface area contributed by atoms with E-state index in [9.17, 15) is 9.18 Å². The predicted octanol–water partition coefficient (Wildman–Crippen LogP) is 2.52. The van der Waals surface area contributed by atoms with Crippen LogP contribution in [0, 0.1) is 19.7 Å². The largest absolute Gasteiger partial charge is 0.322 e. The highest BCUT2D eigenvalue weighted by molar-refractivity contribution is 5.90. The number of halogens is 1. The summed E-state index contributed by atoms with van der Waals surface area (Å²) in [5.41, 5.74) is 2.91. The number of anilines is 1. The molecule has 0 radical (unpaired) electrons. The van der Waals surface area contributed by atoms with Gasteiger partial charge in [-0.3, -0.25) is 14.2 Å². The fraction of sp³-hybridized carbons (Fsp3) is 0.235. The number of rotatable bonds is 5. The maximum absolute atomic E-state index is 13.7. The molecule has 2 aromatic heterocycles. The van der Waals surface area contributed by atoms with Gasteiger partial charge in [-0.15, -0.1) is 0 Å². The van der Waals surface area contributed by atoms with Crippen molar-refractivity contribution in [2.24, 2.45) is 0 Å². The van der Waals surface area contributed by atoms with Gasteiger partial charge < -0.3 is 5.32 Å². The van der Waals surface area contributed by atoms with E-state index in [0.29, 0.717) is 17.8 Å². The normalized spacial score (nSPS) is 10.8. The minimum Gasteiger partial charge on any atom is -0.322 e. The topological polar surface area (TPSA) is 64.7 Å². The molecule has 0 bridgehead atoms. The van der Waals surface area contributed by atoms with Crippen molar-refractivity contribution in [1.82, 2.24) is 19.6 Å². The Morgan fingerprint density at radius 1 is 1.29 bits per heavy atom. The lowest BCUT2D eigenvalue weighted by Crippen LogP contribution is -2.20. The molecule has 0 saturated heterocycles. The second-order valence-electron chi connectivity index (χ2n) is 5.65. The Hall–Kier alpha value is -2.96. The molecule has 0 unspecified atom stereocenters. The van der Waals surface area contributed by atoms with Crippen LogP contribution >= 0.6 is 0 Å². The van der Waals surface area contributed by atoms with Crippen LogP contribution in [0.4, 0.5) is 10.1 Å². The van der Waals surface area contributed by atoms with Gasteiger partial charge in [-0.2, -0.15) is 10.2 Å². The highest BCUT2D eigenvalue weighted by Crippen LogP contribution is 2.11. The van der Waals surface area contributed by atoms with E-state index in [1.807, 2.05) is 19.9 Å². The molecule has 0 atom stereocenters. The Bertz CT molecular complexity index is 868. The average molecular weight is 327 g/mol. The Morgan fingerprint density at radius 2 is 2.08 bits per heavy atom. The number of amides is 1. The first kappa shape index (κ1) is 15.9. The molecule has 0 fully saturated rings. The minimum absolute atomic E-state index is 0.137. The molecule has 1 N–H and O–H groups in total. The summed E-state index contributed by atoms with van der Waals surface area (Å²) in [7, 11) is 0. The number of benzene rings is 1. The SMILES string of the molecule is Cc1cc(C)n(CC(=O)Nc2cnn(Cc3ccccc3F)c2)n1. The third-order valence-corrected chi connectivity index (χ3v) is 3.60. The lowest BCUT2D eigenvalue weighted by molar-refractivity contribution is -0.116. The number of hydrogen-bond donors (Lipinski definition) is 1. The van der Waals surface area contributed by atoms with Crippen molar-refractivity contribution in [3.05, 3.63) is 65.5 Å². The maximum Gasteiger partial charge on any atom is 0.246 e. The highest BCUT2D eigenvalue weighted by Gasteiger charge is 2.09. The van der Waals surface area contributed by atoms with Gasteiger partial charge >= 0.3 is 0 Å². The van der Waals surface area contributed by atoms with Gasteiger partial charge in [-0.25, -0.2) is 4.39 Å². The smallest absolute Gasteiger partial charge is 0.246 e. The fourth-order valence-electron chi connectivity index (χ4n) is 2.49. The summed E-state index contributed by atoms with van der Waals surface area (Å²) < 4.78 is 16.9. The van der Waals surface area contributed by atoms with E-state index >= 15 is 0 Å². The van der Waals surface area contributed by atoms with E-state index in [2.05, 4.69) is 15.5 Å². The van der Waals surface area contributed by atoms with Crippen molar-refractivity contribution in [1.29, 1.82) is 0 Å². The summed E-state index contributed by atoms with van der Waals surface area (Å²) in [6.07, 6.45) is 3.21. The van der Waals surface area contributed by atoms with Gasteiger partial charge in [0.05, 0.1) is 24.1 Å². The molecule has 0 aliphatic rings. The first-order valence-electron chi connectivity index (χ1n) is 7.58. The van der Waals surface area contributed by atoms with E-state index in [-0.39, 0.29) is 18.3 Å². The molecule has 7 heteroatoms. The first-order valence-corrected chi connectivity index (χ1v) is 7.58. The Labute approximate surface area is 138 Å². The molecule has 24 heavy (non-hydrogen) atoms. The molecule has 0 aliphatic heterocycles. The number of aromatic nitrogens is 4. The fourth-order valence-corrected chi connectivity index (χ4v) is 2.49. The molecule has 1 amide bonds. The second kappa shape index (κ2) is 6.66. The van der Waals surface area contributed by atoms with Crippen LogP contribution in [0.25, 0.3) is 0 Å². The van der Waals surface area contributed by atoms with Gasteiger partial charge in [0.15, 0.2) is 0 Å². The van der Waals surface area contributed by atoms with Crippen LogP contribution in [0.2, 0.25) is 0 Å². The third-order valence-electron chi connectivity index (χ3n) is 3.60. The molecular formula is C17H18FN5O. The zero-order valence-corrected chi connectivity index (χ0v) is 13.5. The van der Waals surface area contributed by atoms with Crippen molar-refractivity contribution < 1.29 is 9.18 Å². The standard InChI is InChI=1S/C17H18FN5O/c1-12-7-13(2)23(21-12)11-17(24)20-15-8-19-22(10-15)9-14-5-3-4-6-16(14)18/h3-8,10H,9,11H2,1-2H3,(H,20,24). The molecule has 1 aromatic carbocycles. The van der Waals surface area contributed by atoms with Crippen LogP contribution in [0.5, 0.6) is 0 Å². The average Bonchev–Trinajstić information content (AvgIpc) is 3.08. The van der Waals surface area contributed by atoms with Crippen molar-refractivity contribution in [2.75, 3.05) is 5.32 Å². The zero-order chi connectivity index (χ0) is 17.1. The molecule has 0 saturated carbocycles. The van der Waals surface area contributed by atoms with Crippen molar-refractivity contribution in [3.8, 4) is 0 Å². The number of nitrogens with zero attached hydrogens (tertiary/aromatic N) is 4. The van der Waals surface area contributed by atoms with E-state index in [1.54, 1.807) is 40.0 Å². The quantitative estimate of drug-likeness (QED) is 0.783. The molecule has 2 heterocycles. The van der Waals surface area contributed by atoms with Crippen LogP contribution < -0.4 is 5.32 Å². The van der Waals surface area contributed by atoms with Gasteiger partial charge in [-0.1, -0.05) is 18.2 Å². The van der Waals surface area contributed by atoms with Crippen LogP contribution in [-0.4, -0.2) is 25.5 Å². The third kappa shape index (κ3) is 3.68. The van der Waals surface area contributed by atoms with Crippen LogP contribution in [0.1, 0.15) is 17.0 Å². The Morgan fingerprint density at radius 3 is 2.79 bits per heavy atom. The first-order chi connectivity index (χ1) is 11.5. The molecule has 124 valence electrons. The van der Waals surface area contributed by atoms with Crippen LogP contribution in [0.15, 0.2) is 42.7 Å². The molecular weight excluding hydrogens is 309 g/mol. The van der Waals surface area contributed by atoms with Crippen LogP contribution in [-0.2, 0) is 17.9 Å². The van der Waals surface area contributed by atoms with Crippen molar-refractivity contribution in [3.63, 3.8) is 0 Å². The molecule has 3 aromatic rings. The van der Waals surface area contributed by atoms with Crippen molar-refractivity contribution in [2.45, 2.75) is 26.9 Å². The summed E-state index contributed by atoms with van der Waals surface area (Å²) in [5, 5.41) is 11.2. The molecule has 0 aliphatic carbocycles. The summed E-state index contributed by atoms with van der Waals surface area (Å²) >= 11 is 0.